The van der Waals surface area contributed by atoms with Gasteiger partial charge in [0.1, 0.15) is 0 Å². The predicted octanol–water partition coefficient (Wildman–Crippen LogP) is 3.69. The molecule has 2 aliphatic carbocycles. The van der Waals surface area contributed by atoms with Gasteiger partial charge in [0, 0.05) is 28.8 Å². The number of allylic oxidation sites excluding steroid dienone is 2. The lowest BCUT2D eigenvalue weighted by Gasteiger charge is -2.20. The Hall–Kier alpha value is -2.58. The predicted molar refractivity (Wildman–Crippen MR) is 87.6 cm³/mol. The minimum Gasteiger partial charge on any atom is -0.368 e. The van der Waals surface area contributed by atoms with Crippen molar-refractivity contribution in [2.75, 3.05) is 0 Å². The average Bonchev–Trinajstić information content (AvgIpc) is 2.54. The van der Waals surface area contributed by atoms with Crippen molar-refractivity contribution in [2.45, 2.75) is 6.10 Å². The molecule has 104 valence electrons. The Labute approximate surface area is 126 Å². The van der Waals surface area contributed by atoms with Crippen molar-refractivity contribution in [1.29, 1.82) is 0 Å². The molecule has 0 fully saturated rings. The summed E-state index contributed by atoms with van der Waals surface area (Å²) in [5.74, 6) is 0.328. The summed E-state index contributed by atoms with van der Waals surface area (Å²) in [4.78, 5) is 0. The SMILES string of the molecule is O[C@@H]1C=C2c3ccc4cccc5ccc(c3c45)=C[C+]2C=C1F. The maximum Gasteiger partial charge on any atom is 0.198 e. The van der Waals surface area contributed by atoms with E-state index in [1.165, 1.54) is 27.6 Å². The van der Waals surface area contributed by atoms with Crippen LogP contribution in [0.3, 0.4) is 0 Å². The molecule has 0 bridgehead atoms. The van der Waals surface area contributed by atoms with Gasteiger partial charge >= 0.3 is 0 Å². The molecule has 0 saturated carbocycles. The first-order valence-electron chi connectivity index (χ1n) is 7.33. The fourth-order valence-corrected chi connectivity index (χ4v) is 3.63. The summed E-state index contributed by atoms with van der Waals surface area (Å²) in [6, 6.07) is 14.6. The largest absolute Gasteiger partial charge is 0.368 e. The van der Waals surface area contributed by atoms with Gasteiger partial charge < -0.3 is 5.11 Å². The normalized spacial score (nSPS) is 19.7. The molecule has 5 rings (SSSR count). The Balaban J connectivity index is 1.99. The van der Waals surface area contributed by atoms with Crippen LogP contribution in [0, 0.1) is 5.92 Å². The van der Waals surface area contributed by atoms with Crippen molar-refractivity contribution in [3.05, 3.63) is 77.1 Å². The molecule has 3 aromatic carbocycles. The van der Waals surface area contributed by atoms with Gasteiger partial charge in [-0.2, -0.15) is 4.39 Å². The van der Waals surface area contributed by atoms with E-state index in [2.05, 4.69) is 42.5 Å². The minimum absolute atomic E-state index is 0.500. The third-order valence-corrected chi connectivity index (χ3v) is 4.62. The maximum atomic E-state index is 13.7. The van der Waals surface area contributed by atoms with Crippen molar-refractivity contribution in [1.82, 2.24) is 0 Å². The van der Waals surface area contributed by atoms with Crippen molar-refractivity contribution in [2.24, 2.45) is 0 Å². The molecule has 2 heteroatoms. The summed E-state index contributed by atoms with van der Waals surface area (Å²) >= 11 is 0. The van der Waals surface area contributed by atoms with Crippen molar-refractivity contribution < 1.29 is 9.50 Å². The van der Waals surface area contributed by atoms with Gasteiger partial charge in [-0.1, -0.05) is 18.2 Å². The Morgan fingerprint density at radius 3 is 2.50 bits per heavy atom. The van der Waals surface area contributed by atoms with Crippen molar-refractivity contribution >= 4 is 33.2 Å². The zero-order valence-corrected chi connectivity index (χ0v) is 11.7. The molecule has 0 heterocycles. The van der Waals surface area contributed by atoms with Gasteiger partial charge in [-0.25, -0.2) is 0 Å². The number of benzene rings is 3. The molecule has 0 saturated heterocycles. The molecule has 1 atom stereocenters. The number of halogens is 1. The highest BCUT2D eigenvalue weighted by Crippen LogP contribution is 2.41. The van der Waals surface area contributed by atoms with Crippen LogP contribution in [0.2, 0.25) is 0 Å². The van der Waals surface area contributed by atoms with E-state index in [0.717, 1.165) is 22.3 Å². The summed E-state index contributed by atoms with van der Waals surface area (Å²) in [6.45, 7) is 0. The van der Waals surface area contributed by atoms with Gasteiger partial charge in [-0.3, -0.25) is 0 Å². The van der Waals surface area contributed by atoms with Crippen LogP contribution >= 0.6 is 0 Å². The van der Waals surface area contributed by atoms with E-state index >= 15 is 0 Å². The second-order valence-corrected chi connectivity index (χ2v) is 5.88. The fraction of sp³-hybridized carbons (Fsp3) is 0.0500. The van der Waals surface area contributed by atoms with Crippen molar-refractivity contribution in [3.63, 3.8) is 0 Å². The molecule has 2 aliphatic rings. The van der Waals surface area contributed by atoms with Crippen LogP contribution in [0.25, 0.3) is 33.2 Å². The van der Waals surface area contributed by atoms with Gasteiger partial charge in [0.25, 0.3) is 0 Å². The molecular weight excluding hydrogens is 275 g/mol. The maximum absolute atomic E-state index is 13.7. The molecule has 22 heavy (non-hydrogen) atoms. The molecule has 0 spiro atoms. The van der Waals surface area contributed by atoms with Crippen LogP contribution in [-0.4, -0.2) is 11.2 Å². The molecule has 0 amide bonds. The second kappa shape index (κ2) is 3.99. The Morgan fingerprint density at radius 1 is 0.909 bits per heavy atom. The molecule has 0 radical (unpaired) electrons. The fourth-order valence-electron chi connectivity index (χ4n) is 3.63. The molecule has 1 N–H and O–H groups in total. The van der Waals surface area contributed by atoms with E-state index in [1.54, 1.807) is 6.08 Å². The molecule has 0 aromatic heterocycles. The molecule has 3 aromatic rings. The lowest BCUT2D eigenvalue weighted by molar-refractivity contribution is 0.227. The second-order valence-electron chi connectivity index (χ2n) is 5.88. The monoisotopic (exact) mass is 287 g/mol. The third kappa shape index (κ3) is 1.42. The van der Waals surface area contributed by atoms with E-state index in [9.17, 15) is 9.50 Å². The van der Waals surface area contributed by atoms with Crippen molar-refractivity contribution in [3.8, 4) is 0 Å². The molecule has 0 aliphatic heterocycles. The first-order chi connectivity index (χ1) is 10.7. The number of aliphatic hydroxyl groups excluding tert-OH is 1. The minimum atomic E-state index is -1.15. The molecule has 0 unspecified atom stereocenters. The number of aliphatic hydroxyl groups is 1. The summed E-state index contributed by atoms with van der Waals surface area (Å²) < 4.78 is 13.7. The lowest BCUT2D eigenvalue weighted by atomic mass is 9.79. The third-order valence-electron chi connectivity index (χ3n) is 4.62. The first kappa shape index (κ1) is 12.0. The number of fused-ring (bicyclic) bond motifs is 2. The summed E-state index contributed by atoms with van der Waals surface area (Å²) in [5.41, 5.74) is 1.99. The zero-order chi connectivity index (χ0) is 14.8. The quantitative estimate of drug-likeness (QED) is 0.625. The number of hydrogen-bond donors (Lipinski definition) is 1. The standard InChI is InChI=1S/C20H12FO/c21-17-9-14-8-13-5-4-11-2-1-3-12-6-7-15(20(13)19(11)12)16(14)10-18(17)22/h1-10,18,22H/q+1/t18-/m1/s1. The first-order valence-corrected chi connectivity index (χ1v) is 7.33. The highest BCUT2D eigenvalue weighted by Gasteiger charge is 2.33. The highest BCUT2D eigenvalue weighted by atomic mass is 19.1. The Bertz CT molecular complexity index is 1040. The van der Waals surface area contributed by atoms with Gasteiger partial charge in [0.05, 0.1) is 22.4 Å². The van der Waals surface area contributed by atoms with Gasteiger partial charge in [-0.15, -0.1) is 0 Å². The highest BCUT2D eigenvalue weighted by molar-refractivity contribution is 6.16. The van der Waals surface area contributed by atoms with Crippen LogP contribution in [0.1, 0.15) is 5.56 Å². The molecular formula is C20H12FO+. The van der Waals surface area contributed by atoms with E-state index < -0.39 is 11.9 Å². The molecule has 1 nitrogen and oxygen atoms in total. The zero-order valence-electron chi connectivity index (χ0n) is 11.7. The Kier molecular flexibility index (Phi) is 2.18. The number of hydrogen-bond acceptors (Lipinski definition) is 1. The van der Waals surface area contributed by atoms with Crippen LogP contribution in [-0.2, 0) is 0 Å². The van der Waals surface area contributed by atoms with E-state index in [1.807, 2.05) is 6.08 Å². The van der Waals surface area contributed by atoms with Crippen LogP contribution in [0.5, 0.6) is 0 Å². The topological polar surface area (TPSA) is 20.2 Å². The summed E-state index contributed by atoms with van der Waals surface area (Å²) in [6.07, 6.45) is 3.90. The summed E-state index contributed by atoms with van der Waals surface area (Å²) in [5, 5.41) is 15.8. The van der Waals surface area contributed by atoms with Gasteiger partial charge in [0.2, 0.25) is 0 Å². The number of rotatable bonds is 0. The average molecular weight is 287 g/mol. The lowest BCUT2D eigenvalue weighted by Crippen LogP contribution is -2.19. The summed E-state index contributed by atoms with van der Waals surface area (Å²) in [7, 11) is 0. The smallest absolute Gasteiger partial charge is 0.198 e. The van der Waals surface area contributed by atoms with Crippen LogP contribution in [0.4, 0.5) is 4.39 Å². The van der Waals surface area contributed by atoms with Crippen LogP contribution < -0.4 is 5.22 Å². The van der Waals surface area contributed by atoms with E-state index in [0.29, 0.717) is 0 Å². The van der Waals surface area contributed by atoms with Gasteiger partial charge in [-0.05, 0) is 35.0 Å². The van der Waals surface area contributed by atoms with Gasteiger partial charge in [0.15, 0.2) is 11.9 Å². The van der Waals surface area contributed by atoms with E-state index in [4.69, 9.17) is 0 Å². The Morgan fingerprint density at radius 2 is 1.68 bits per heavy atom. The van der Waals surface area contributed by atoms with Crippen LogP contribution in [0.15, 0.2) is 60.4 Å². The van der Waals surface area contributed by atoms with E-state index in [-0.39, 0.29) is 0 Å².